The van der Waals surface area contributed by atoms with Gasteiger partial charge in [-0.1, -0.05) is 23.7 Å². The molecule has 0 aromatic heterocycles. The van der Waals surface area contributed by atoms with Crippen LogP contribution in [-0.2, 0) is 0 Å². The van der Waals surface area contributed by atoms with Crippen LogP contribution in [0.2, 0.25) is 5.02 Å². The molecule has 2 aromatic rings. The average Bonchev–Trinajstić information content (AvgIpc) is 2.44. The van der Waals surface area contributed by atoms with Gasteiger partial charge in [0.15, 0.2) is 17.5 Å². The van der Waals surface area contributed by atoms with Crippen molar-refractivity contribution in [3.63, 3.8) is 0 Å². The maximum atomic E-state index is 13.6. The maximum Gasteiger partial charge on any atom is 0.194 e. The molecule has 0 heterocycles. The van der Waals surface area contributed by atoms with Gasteiger partial charge in [-0.05, 0) is 23.8 Å². The van der Waals surface area contributed by atoms with Crippen molar-refractivity contribution in [3.8, 4) is 5.75 Å². The van der Waals surface area contributed by atoms with Gasteiger partial charge < -0.3 is 9.84 Å². The third kappa shape index (κ3) is 2.59. The van der Waals surface area contributed by atoms with Crippen LogP contribution >= 0.6 is 11.6 Å². The normalized spacial score (nSPS) is 12.3. The lowest BCUT2D eigenvalue weighted by Gasteiger charge is -2.14. The Balaban J connectivity index is 2.44. The highest BCUT2D eigenvalue weighted by molar-refractivity contribution is 6.32. The molecule has 0 fully saturated rings. The van der Waals surface area contributed by atoms with E-state index in [1.807, 2.05) is 0 Å². The second kappa shape index (κ2) is 5.73. The Kier molecular flexibility index (Phi) is 4.20. The van der Waals surface area contributed by atoms with E-state index in [1.54, 1.807) is 0 Å². The third-order valence-electron chi connectivity index (χ3n) is 2.85. The number of aliphatic hydroxyl groups excluding tert-OH is 1. The molecule has 1 atom stereocenters. The summed E-state index contributed by atoms with van der Waals surface area (Å²) in [6, 6.07) is 6.04. The van der Waals surface area contributed by atoms with Gasteiger partial charge in [-0.2, -0.15) is 0 Å². The largest absolute Gasteiger partial charge is 0.495 e. The summed E-state index contributed by atoms with van der Waals surface area (Å²) in [7, 11) is 1.42. The Labute approximate surface area is 118 Å². The van der Waals surface area contributed by atoms with Crippen molar-refractivity contribution in [1.82, 2.24) is 0 Å². The van der Waals surface area contributed by atoms with E-state index in [4.69, 9.17) is 16.3 Å². The quantitative estimate of drug-likeness (QED) is 0.873. The minimum atomic E-state index is -1.62. The van der Waals surface area contributed by atoms with Gasteiger partial charge in [-0.3, -0.25) is 0 Å². The predicted molar refractivity (Wildman–Crippen MR) is 68.4 cm³/mol. The minimum Gasteiger partial charge on any atom is -0.495 e. The molecule has 6 heteroatoms. The van der Waals surface area contributed by atoms with Crippen LogP contribution in [0.25, 0.3) is 0 Å². The topological polar surface area (TPSA) is 29.5 Å². The highest BCUT2D eigenvalue weighted by atomic mass is 35.5. The van der Waals surface area contributed by atoms with E-state index in [0.717, 1.165) is 12.1 Å². The lowest BCUT2D eigenvalue weighted by molar-refractivity contribution is 0.212. The summed E-state index contributed by atoms with van der Waals surface area (Å²) in [6.07, 6.45) is -1.46. The zero-order valence-corrected chi connectivity index (χ0v) is 11.1. The molecule has 0 bridgehead atoms. The molecule has 0 aliphatic rings. The maximum absolute atomic E-state index is 13.6. The van der Waals surface area contributed by atoms with E-state index in [0.29, 0.717) is 5.75 Å². The number of benzene rings is 2. The zero-order valence-electron chi connectivity index (χ0n) is 10.3. The molecule has 0 spiro atoms. The summed E-state index contributed by atoms with van der Waals surface area (Å²) in [6.45, 7) is 0. The Hall–Kier alpha value is -1.72. The standard InChI is InChI=1S/C14H10ClF3O2/c1-20-11-5-2-7(6-9(11)15)14(19)8-3-4-10(16)13(18)12(8)17/h2-6,14,19H,1H3. The molecule has 20 heavy (non-hydrogen) atoms. The number of methoxy groups -OCH3 is 1. The van der Waals surface area contributed by atoms with Crippen LogP contribution in [0.1, 0.15) is 17.2 Å². The number of aliphatic hydroxyl groups is 1. The Morgan fingerprint density at radius 1 is 1.10 bits per heavy atom. The van der Waals surface area contributed by atoms with Gasteiger partial charge in [0.1, 0.15) is 11.9 Å². The predicted octanol–water partition coefficient (Wildman–Crippen LogP) is 3.85. The second-order valence-corrected chi connectivity index (χ2v) is 4.47. The molecule has 106 valence electrons. The minimum absolute atomic E-state index is 0.215. The van der Waals surface area contributed by atoms with Crippen molar-refractivity contribution in [2.24, 2.45) is 0 Å². The molecular weight excluding hydrogens is 293 g/mol. The van der Waals surface area contributed by atoms with Crippen molar-refractivity contribution in [2.45, 2.75) is 6.10 Å². The van der Waals surface area contributed by atoms with Crippen molar-refractivity contribution >= 4 is 11.6 Å². The molecular formula is C14H10ClF3O2. The fourth-order valence-corrected chi connectivity index (χ4v) is 2.05. The Morgan fingerprint density at radius 3 is 2.40 bits per heavy atom. The number of halogens is 4. The van der Waals surface area contributed by atoms with Gasteiger partial charge in [0.2, 0.25) is 0 Å². The molecule has 0 saturated heterocycles. The zero-order chi connectivity index (χ0) is 14.9. The first-order valence-corrected chi connectivity index (χ1v) is 5.98. The van der Waals surface area contributed by atoms with Crippen molar-refractivity contribution < 1.29 is 23.0 Å². The lowest BCUT2D eigenvalue weighted by Crippen LogP contribution is -2.06. The molecule has 2 nitrogen and oxygen atoms in total. The highest BCUT2D eigenvalue weighted by Crippen LogP contribution is 2.31. The van der Waals surface area contributed by atoms with E-state index in [9.17, 15) is 18.3 Å². The Bertz CT molecular complexity index is 647. The molecule has 0 aliphatic carbocycles. The van der Waals surface area contributed by atoms with Gasteiger partial charge in [0.05, 0.1) is 12.1 Å². The summed E-state index contributed by atoms with van der Waals surface area (Å²) in [4.78, 5) is 0. The van der Waals surface area contributed by atoms with E-state index in [-0.39, 0.29) is 16.1 Å². The van der Waals surface area contributed by atoms with Gasteiger partial charge in [-0.15, -0.1) is 0 Å². The molecule has 1 unspecified atom stereocenters. The Morgan fingerprint density at radius 2 is 1.80 bits per heavy atom. The van der Waals surface area contributed by atoms with E-state index >= 15 is 0 Å². The van der Waals surface area contributed by atoms with Crippen LogP contribution < -0.4 is 4.74 Å². The summed E-state index contributed by atoms with van der Waals surface area (Å²) in [5.74, 6) is -3.98. The van der Waals surface area contributed by atoms with Gasteiger partial charge in [-0.25, -0.2) is 13.2 Å². The first kappa shape index (κ1) is 14.7. The van der Waals surface area contributed by atoms with Gasteiger partial charge in [0, 0.05) is 5.56 Å². The summed E-state index contributed by atoms with van der Waals surface area (Å²) in [5.41, 5.74) is -0.133. The fraction of sp³-hybridized carbons (Fsp3) is 0.143. The van der Waals surface area contributed by atoms with Crippen LogP contribution in [0.3, 0.4) is 0 Å². The van der Waals surface area contributed by atoms with Crippen molar-refractivity contribution in [2.75, 3.05) is 7.11 Å². The van der Waals surface area contributed by atoms with Crippen molar-refractivity contribution in [1.29, 1.82) is 0 Å². The molecule has 0 saturated carbocycles. The fourth-order valence-electron chi connectivity index (χ4n) is 1.78. The van der Waals surface area contributed by atoms with Crippen LogP contribution in [-0.4, -0.2) is 12.2 Å². The SMILES string of the molecule is COc1ccc(C(O)c2ccc(F)c(F)c2F)cc1Cl. The number of rotatable bonds is 3. The summed E-state index contributed by atoms with van der Waals surface area (Å²) < 4.78 is 44.6. The second-order valence-electron chi connectivity index (χ2n) is 4.06. The molecule has 0 radical (unpaired) electrons. The molecule has 2 aromatic carbocycles. The number of hydrogen-bond donors (Lipinski definition) is 1. The number of ether oxygens (including phenoxy) is 1. The molecule has 2 rings (SSSR count). The van der Waals surface area contributed by atoms with E-state index in [2.05, 4.69) is 0 Å². The van der Waals surface area contributed by atoms with Crippen LogP contribution in [0.5, 0.6) is 5.75 Å². The summed E-state index contributed by atoms with van der Waals surface area (Å²) in [5, 5.41) is 10.3. The summed E-state index contributed by atoms with van der Waals surface area (Å²) >= 11 is 5.89. The highest BCUT2D eigenvalue weighted by Gasteiger charge is 2.21. The van der Waals surface area contributed by atoms with E-state index < -0.39 is 23.6 Å². The smallest absolute Gasteiger partial charge is 0.194 e. The lowest BCUT2D eigenvalue weighted by atomic mass is 10.0. The first-order chi connectivity index (χ1) is 9.45. The average molecular weight is 303 g/mol. The molecule has 0 amide bonds. The van der Waals surface area contributed by atoms with Gasteiger partial charge in [0.25, 0.3) is 0 Å². The van der Waals surface area contributed by atoms with Crippen molar-refractivity contribution in [3.05, 3.63) is 63.9 Å². The van der Waals surface area contributed by atoms with E-state index in [1.165, 1.54) is 25.3 Å². The molecule has 1 N–H and O–H groups in total. The van der Waals surface area contributed by atoms with Gasteiger partial charge >= 0.3 is 0 Å². The van der Waals surface area contributed by atoms with Crippen LogP contribution in [0.4, 0.5) is 13.2 Å². The number of hydrogen-bond acceptors (Lipinski definition) is 2. The third-order valence-corrected chi connectivity index (χ3v) is 3.15. The monoisotopic (exact) mass is 302 g/mol. The van der Waals surface area contributed by atoms with Crippen LogP contribution in [0, 0.1) is 17.5 Å². The first-order valence-electron chi connectivity index (χ1n) is 5.60. The van der Waals surface area contributed by atoms with Crippen LogP contribution in [0.15, 0.2) is 30.3 Å². The molecule has 0 aliphatic heterocycles.